The number of ether oxygens (including phenoxy) is 1. The lowest BCUT2D eigenvalue weighted by atomic mass is 10.1. The van der Waals surface area contributed by atoms with Crippen molar-refractivity contribution in [3.8, 4) is 0 Å². The highest BCUT2D eigenvalue weighted by atomic mass is 32.2. The molecule has 2 amide bonds. The minimum Gasteiger partial charge on any atom is -0.361 e. The van der Waals surface area contributed by atoms with Gasteiger partial charge in [0.2, 0.25) is 10.0 Å². The van der Waals surface area contributed by atoms with Gasteiger partial charge in [-0.05, 0) is 31.4 Å². The molecular weight excluding hydrogens is 460 g/mol. The van der Waals surface area contributed by atoms with Gasteiger partial charge in [0.25, 0.3) is 0 Å². The fourth-order valence-corrected chi connectivity index (χ4v) is 6.05. The Morgan fingerprint density at radius 3 is 2.85 bits per heavy atom. The molecule has 0 radical (unpaired) electrons. The van der Waals surface area contributed by atoms with Crippen LogP contribution < -0.4 is 10.6 Å². The Labute approximate surface area is 197 Å². The molecule has 12 heteroatoms. The number of nitrogens with one attached hydrogen (secondary N) is 2. The number of fused-ring (bicyclic) bond motifs is 1. The number of rotatable bonds is 10. The summed E-state index contributed by atoms with van der Waals surface area (Å²) in [6, 6.07) is 2.28. The van der Waals surface area contributed by atoms with Gasteiger partial charge in [0, 0.05) is 40.0 Å². The van der Waals surface area contributed by atoms with E-state index in [1.807, 2.05) is 23.8 Å². The molecule has 1 aliphatic heterocycles. The first-order chi connectivity index (χ1) is 15.6. The molecule has 33 heavy (non-hydrogen) atoms. The lowest BCUT2D eigenvalue weighted by Crippen LogP contribution is -2.50. The van der Waals surface area contributed by atoms with Crippen molar-refractivity contribution in [2.24, 2.45) is 0 Å². The Bertz CT molecular complexity index is 1050. The summed E-state index contributed by atoms with van der Waals surface area (Å²) in [5.41, 5.74) is 1.36. The van der Waals surface area contributed by atoms with Crippen LogP contribution in [0.4, 0.5) is 10.6 Å². The lowest BCUT2D eigenvalue weighted by molar-refractivity contribution is 0.0899. The summed E-state index contributed by atoms with van der Waals surface area (Å²) in [7, 11) is -4.40. The summed E-state index contributed by atoms with van der Waals surface area (Å²) in [6.07, 6.45) is 5.41. The fourth-order valence-electron chi connectivity index (χ4n) is 3.70. The van der Waals surface area contributed by atoms with E-state index in [1.54, 1.807) is 0 Å². The second-order valence-electron chi connectivity index (χ2n) is 9.71. The summed E-state index contributed by atoms with van der Waals surface area (Å²) >= 11 is 0. The van der Waals surface area contributed by atoms with E-state index in [0.29, 0.717) is 49.6 Å². The van der Waals surface area contributed by atoms with E-state index in [0.717, 1.165) is 19.1 Å². The monoisotopic (exact) mass is 496 g/mol. The number of hydrogen-bond acceptors (Lipinski definition) is 6. The number of hydrogen-bond donors (Lipinski definition) is 2. The second kappa shape index (κ2) is 10.9. The van der Waals surface area contributed by atoms with Crippen LogP contribution in [0.3, 0.4) is 0 Å². The maximum atomic E-state index is 12.5. The summed E-state index contributed by atoms with van der Waals surface area (Å²) in [5.74, 6) is 0.466. The SMILES string of the molecule is CCCS(=O)(=O)N1CCCC(NC(=O)Nc2cnc3c(ccn3COCC[Si](C)(C)C)n2)C1. The molecule has 184 valence electrons. The molecule has 1 saturated heterocycles. The van der Waals surface area contributed by atoms with E-state index in [4.69, 9.17) is 4.74 Å². The minimum atomic E-state index is -3.27. The van der Waals surface area contributed by atoms with Crippen LogP contribution in [0.5, 0.6) is 0 Å². The standard InChI is InChI=1S/C21H36N6O4SSi/c1-5-12-32(29,30)27-9-6-7-17(15-27)23-21(28)25-19-14-22-20-18(24-19)8-10-26(20)16-31-11-13-33(2,3)4/h8,10,14,17H,5-7,9,11-13,15-16H2,1-4H3,(H2,23,24,25,28). The fraction of sp³-hybridized carbons (Fsp3) is 0.667. The minimum absolute atomic E-state index is 0.129. The van der Waals surface area contributed by atoms with Crippen LogP contribution in [-0.4, -0.2) is 72.9 Å². The second-order valence-corrected chi connectivity index (χ2v) is 17.4. The zero-order valence-electron chi connectivity index (χ0n) is 20.0. The molecule has 0 aromatic carbocycles. The highest BCUT2D eigenvalue weighted by Gasteiger charge is 2.29. The quantitative estimate of drug-likeness (QED) is 0.385. The van der Waals surface area contributed by atoms with Crippen LogP contribution >= 0.6 is 0 Å². The van der Waals surface area contributed by atoms with Crippen LogP contribution in [0.2, 0.25) is 25.7 Å². The topological polar surface area (TPSA) is 118 Å². The van der Waals surface area contributed by atoms with Gasteiger partial charge in [-0.25, -0.2) is 23.2 Å². The van der Waals surface area contributed by atoms with E-state index in [1.165, 1.54) is 10.5 Å². The van der Waals surface area contributed by atoms with Crippen molar-refractivity contribution in [3.63, 3.8) is 0 Å². The Hall–Kier alpha value is -2.02. The number of piperidine rings is 1. The van der Waals surface area contributed by atoms with Gasteiger partial charge >= 0.3 is 6.03 Å². The molecule has 3 rings (SSSR count). The Morgan fingerprint density at radius 1 is 1.33 bits per heavy atom. The van der Waals surface area contributed by atoms with Crippen molar-refractivity contribution < 1.29 is 17.9 Å². The molecule has 2 aromatic heterocycles. The van der Waals surface area contributed by atoms with Crippen LogP contribution in [0.15, 0.2) is 18.5 Å². The predicted molar refractivity (Wildman–Crippen MR) is 132 cm³/mol. The van der Waals surface area contributed by atoms with Gasteiger partial charge in [0.1, 0.15) is 12.2 Å². The Balaban J connectivity index is 1.53. The molecular formula is C21H36N6O4SSi. The highest BCUT2D eigenvalue weighted by molar-refractivity contribution is 7.89. The van der Waals surface area contributed by atoms with Crippen molar-refractivity contribution in [2.75, 3.05) is 30.8 Å². The number of urea groups is 1. The Kier molecular flexibility index (Phi) is 8.48. The number of carbonyl (C=O) groups is 1. The average Bonchev–Trinajstić information content (AvgIpc) is 3.13. The molecule has 1 fully saturated rings. The van der Waals surface area contributed by atoms with Crippen LogP contribution in [0.1, 0.15) is 26.2 Å². The van der Waals surface area contributed by atoms with Gasteiger partial charge < -0.3 is 14.6 Å². The lowest BCUT2D eigenvalue weighted by Gasteiger charge is -2.32. The van der Waals surface area contributed by atoms with Crippen molar-refractivity contribution in [2.45, 2.75) is 64.6 Å². The number of amides is 2. The third kappa shape index (κ3) is 7.49. The molecule has 1 atom stereocenters. The summed E-state index contributed by atoms with van der Waals surface area (Å²) in [6.45, 7) is 10.7. The van der Waals surface area contributed by atoms with Crippen molar-refractivity contribution in [1.29, 1.82) is 0 Å². The van der Waals surface area contributed by atoms with E-state index in [2.05, 4.69) is 40.2 Å². The molecule has 1 aliphatic rings. The molecule has 10 nitrogen and oxygen atoms in total. The zero-order valence-corrected chi connectivity index (χ0v) is 21.8. The summed E-state index contributed by atoms with van der Waals surface area (Å²) in [5, 5.41) is 5.58. The third-order valence-corrected chi connectivity index (χ3v) is 9.25. The predicted octanol–water partition coefficient (Wildman–Crippen LogP) is 3.07. The van der Waals surface area contributed by atoms with Crippen LogP contribution in [0, 0.1) is 0 Å². The van der Waals surface area contributed by atoms with Gasteiger partial charge in [0.05, 0.1) is 11.9 Å². The van der Waals surface area contributed by atoms with Gasteiger partial charge in [-0.3, -0.25) is 5.32 Å². The van der Waals surface area contributed by atoms with Gasteiger partial charge in [0.15, 0.2) is 11.5 Å². The van der Waals surface area contributed by atoms with Crippen LogP contribution in [0.25, 0.3) is 11.2 Å². The first-order valence-electron chi connectivity index (χ1n) is 11.5. The maximum Gasteiger partial charge on any atom is 0.320 e. The van der Waals surface area contributed by atoms with Crippen molar-refractivity contribution in [1.82, 2.24) is 24.2 Å². The van der Waals surface area contributed by atoms with Crippen molar-refractivity contribution in [3.05, 3.63) is 18.5 Å². The molecule has 0 aliphatic carbocycles. The summed E-state index contributed by atoms with van der Waals surface area (Å²) in [4.78, 5) is 21.4. The Morgan fingerprint density at radius 2 is 2.12 bits per heavy atom. The average molecular weight is 497 g/mol. The summed E-state index contributed by atoms with van der Waals surface area (Å²) < 4.78 is 33.8. The highest BCUT2D eigenvalue weighted by Crippen LogP contribution is 2.17. The van der Waals surface area contributed by atoms with E-state index < -0.39 is 24.1 Å². The van der Waals surface area contributed by atoms with Crippen LogP contribution in [-0.2, 0) is 21.5 Å². The molecule has 1 unspecified atom stereocenters. The molecule has 0 spiro atoms. The number of nitrogens with zero attached hydrogens (tertiary/aromatic N) is 4. The first kappa shape index (κ1) is 25.6. The number of anilines is 1. The van der Waals surface area contributed by atoms with Crippen molar-refractivity contribution >= 4 is 41.1 Å². The number of aromatic nitrogens is 3. The van der Waals surface area contributed by atoms with Gasteiger partial charge in [-0.1, -0.05) is 26.6 Å². The number of carbonyl (C=O) groups excluding carboxylic acids is 1. The third-order valence-electron chi connectivity index (χ3n) is 5.51. The normalized spacial score (nSPS) is 17.9. The zero-order chi connectivity index (χ0) is 24.1. The van der Waals surface area contributed by atoms with Gasteiger partial charge in [-0.15, -0.1) is 0 Å². The smallest absolute Gasteiger partial charge is 0.320 e. The molecule has 2 aromatic rings. The largest absolute Gasteiger partial charge is 0.361 e. The maximum absolute atomic E-state index is 12.5. The van der Waals surface area contributed by atoms with E-state index in [-0.39, 0.29) is 11.8 Å². The molecule has 3 heterocycles. The van der Waals surface area contributed by atoms with E-state index in [9.17, 15) is 13.2 Å². The molecule has 0 bridgehead atoms. The molecule has 2 N–H and O–H groups in total. The van der Waals surface area contributed by atoms with Gasteiger partial charge in [-0.2, -0.15) is 4.31 Å². The molecule has 0 saturated carbocycles. The van der Waals surface area contributed by atoms with E-state index >= 15 is 0 Å². The first-order valence-corrected chi connectivity index (χ1v) is 16.8. The number of sulfonamides is 1.